The van der Waals surface area contributed by atoms with Crippen LogP contribution in [-0.4, -0.2) is 16.1 Å². The van der Waals surface area contributed by atoms with Gasteiger partial charge in [0, 0.05) is 25.9 Å². The van der Waals surface area contributed by atoms with Gasteiger partial charge >= 0.3 is 0 Å². The molecule has 1 aliphatic carbocycles. The maximum atomic E-state index is 5.97. The Bertz CT molecular complexity index is 372. The highest BCUT2D eigenvalue weighted by Crippen LogP contribution is 2.37. The molecule has 2 N–H and O–H groups in total. The number of hydrogen-bond acceptors (Lipinski definition) is 2. The molecule has 3 atom stereocenters. The van der Waals surface area contributed by atoms with Gasteiger partial charge in [-0.2, -0.15) is 0 Å². The molecule has 1 aliphatic rings. The fraction of sp³-hybridized carbons (Fsp3) is 0.812. The number of aryl methyl sites for hydroxylation is 2. The molecule has 1 aromatic rings. The number of aromatic nitrogens is 2. The molecule has 0 radical (unpaired) electrons. The van der Waals surface area contributed by atoms with Crippen molar-refractivity contribution in [2.24, 2.45) is 30.5 Å². The molecule has 1 fully saturated rings. The summed E-state index contributed by atoms with van der Waals surface area (Å²) in [5.41, 5.74) is 5.97. The molecule has 3 unspecified atom stereocenters. The summed E-state index contributed by atoms with van der Waals surface area (Å²) in [6.07, 6.45) is 13.1. The first kappa shape index (κ1) is 14.6. The van der Waals surface area contributed by atoms with Gasteiger partial charge in [0.1, 0.15) is 5.82 Å². The molecule has 0 aliphatic heterocycles. The maximum absolute atomic E-state index is 5.97. The zero-order chi connectivity index (χ0) is 13.7. The lowest BCUT2D eigenvalue weighted by Gasteiger charge is -2.35. The molecule has 3 nitrogen and oxygen atoms in total. The van der Waals surface area contributed by atoms with Gasteiger partial charge in [0.15, 0.2) is 0 Å². The summed E-state index contributed by atoms with van der Waals surface area (Å²) < 4.78 is 2.14. The molecule has 0 amide bonds. The molecule has 1 saturated carbocycles. The first-order chi connectivity index (χ1) is 9.24. The zero-order valence-corrected chi connectivity index (χ0v) is 12.5. The summed E-state index contributed by atoms with van der Waals surface area (Å²) in [6.45, 7) is 3.17. The lowest BCUT2D eigenvalue weighted by Crippen LogP contribution is -2.31. The van der Waals surface area contributed by atoms with Gasteiger partial charge in [0.2, 0.25) is 0 Å². The largest absolute Gasteiger partial charge is 0.338 e. The van der Waals surface area contributed by atoms with Crippen molar-refractivity contribution in [1.82, 2.24) is 9.55 Å². The van der Waals surface area contributed by atoms with Crippen molar-refractivity contribution >= 4 is 0 Å². The quantitative estimate of drug-likeness (QED) is 0.857. The Balaban J connectivity index is 1.89. The Morgan fingerprint density at radius 3 is 2.79 bits per heavy atom. The molecule has 19 heavy (non-hydrogen) atoms. The predicted molar refractivity (Wildman–Crippen MR) is 79.8 cm³/mol. The van der Waals surface area contributed by atoms with Gasteiger partial charge in [-0.1, -0.05) is 26.2 Å². The number of nitrogens with two attached hydrogens (primary N) is 1. The van der Waals surface area contributed by atoms with E-state index < -0.39 is 0 Å². The highest BCUT2D eigenvalue weighted by Gasteiger charge is 2.29. The van der Waals surface area contributed by atoms with Crippen molar-refractivity contribution in [2.45, 2.75) is 51.9 Å². The number of imidazole rings is 1. The van der Waals surface area contributed by atoms with Crippen LogP contribution in [0.15, 0.2) is 12.4 Å². The van der Waals surface area contributed by atoms with Crippen molar-refractivity contribution in [1.29, 1.82) is 0 Å². The third kappa shape index (κ3) is 3.82. The van der Waals surface area contributed by atoms with E-state index in [2.05, 4.69) is 23.5 Å². The zero-order valence-electron chi connectivity index (χ0n) is 12.5. The summed E-state index contributed by atoms with van der Waals surface area (Å²) >= 11 is 0. The van der Waals surface area contributed by atoms with Gasteiger partial charge in [-0.25, -0.2) is 4.98 Å². The van der Waals surface area contributed by atoms with Gasteiger partial charge in [0.05, 0.1) is 0 Å². The van der Waals surface area contributed by atoms with Crippen molar-refractivity contribution in [3.8, 4) is 0 Å². The normalized spacial score (nSPS) is 27.6. The van der Waals surface area contributed by atoms with Gasteiger partial charge in [-0.05, 0) is 43.6 Å². The minimum Gasteiger partial charge on any atom is -0.338 e. The Morgan fingerprint density at radius 1 is 1.32 bits per heavy atom. The topological polar surface area (TPSA) is 43.8 Å². The smallest absolute Gasteiger partial charge is 0.108 e. The van der Waals surface area contributed by atoms with E-state index in [1.807, 2.05) is 12.4 Å². The highest BCUT2D eigenvalue weighted by molar-refractivity contribution is 4.92. The minimum absolute atomic E-state index is 0.744. The molecule has 108 valence electrons. The average molecular weight is 263 g/mol. The molecule has 1 aromatic heterocycles. The second-order valence-electron chi connectivity index (χ2n) is 6.22. The van der Waals surface area contributed by atoms with Crippen LogP contribution in [0, 0.1) is 17.8 Å². The van der Waals surface area contributed by atoms with Crippen LogP contribution in [-0.2, 0) is 13.5 Å². The van der Waals surface area contributed by atoms with E-state index in [1.165, 1.54) is 44.3 Å². The van der Waals surface area contributed by atoms with Crippen molar-refractivity contribution in [3.05, 3.63) is 18.2 Å². The Hall–Kier alpha value is -0.830. The van der Waals surface area contributed by atoms with Gasteiger partial charge in [-0.15, -0.1) is 0 Å². The van der Waals surface area contributed by atoms with Gasteiger partial charge in [0.25, 0.3) is 0 Å². The molecule has 2 rings (SSSR count). The summed E-state index contributed by atoms with van der Waals surface area (Å²) in [5, 5.41) is 0. The van der Waals surface area contributed by atoms with E-state index in [0.29, 0.717) is 0 Å². The Labute approximate surface area is 117 Å². The first-order valence-corrected chi connectivity index (χ1v) is 7.90. The van der Waals surface area contributed by atoms with Crippen LogP contribution in [0.25, 0.3) is 0 Å². The van der Waals surface area contributed by atoms with E-state index in [4.69, 9.17) is 5.73 Å². The van der Waals surface area contributed by atoms with E-state index in [1.54, 1.807) is 0 Å². The predicted octanol–water partition coefficient (Wildman–Crippen LogP) is 3.14. The summed E-state index contributed by atoms with van der Waals surface area (Å²) in [6, 6.07) is 0. The third-order valence-electron chi connectivity index (χ3n) is 4.91. The van der Waals surface area contributed by atoms with E-state index in [-0.39, 0.29) is 0 Å². The van der Waals surface area contributed by atoms with Crippen LogP contribution in [0.2, 0.25) is 0 Å². The van der Waals surface area contributed by atoms with Crippen LogP contribution in [0.5, 0.6) is 0 Å². The molecule has 0 spiro atoms. The van der Waals surface area contributed by atoms with Gasteiger partial charge in [-0.3, -0.25) is 0 Å². The third-order valence-corrected chi connectivity index (χ3v) is 4.91. The highest BCUT2D eigenvalue weighted by atomic mass is 15.0. The summed E-state index contributed by atoms with van der Waals surface area (Å²) in [5.74, 6) is 3.72. The van der Waals surface area contributed by atoms with Crippen LogP contribution >= 0.6 is 0 Å². The summed E-state index contributed by atoms with van der Waals surface area (Å²) in [4.78, 5) is 4.44. The fourth-order valence-corrected chi connectivity index (χ4v) is 3.71. The first-order valence-electron chi connectivity index (χ1n) is 7.90. The Kier molecular flexibility index (Phi) is 5.44. The fourth-order valence-electron chi connectivity index (χ4n) is 3.71. The lowest BCUT2D eigenvalue weighted by atomic mass is 9.71. The lowest BCUT2D eigenvalue weighted by molar-refractivity contribution is 0.167. The van der Waals surface area contributed by atoms with Crippen LogP contribution in [0.4, 0.5) is 0 Å². The molecular weight excluding hydrogens is 234 g/mol. The molecule has 1 heterocycles. The van der Waals surface area contributed by atoms with E-state index in [0.717, 1.165) is 30.7 Å². The monoisotopic (exact) mass is 263 g/mol. The van der Waals surface area contributed by atoms with E-state index in [9.17, 15) is 0 Å². The molecule has 3 heteroatoms. The van der Waals surface area contributed by atoms with Crippen LogP contribution in [0.1, 0.15) is 51.3 Å². The molecular formula is C16H29N3. The average Bonchev–Trinajstić information content (AvgIpc) is 2.82. The Morgan fingerprint density at radius 2 is 2.16 bits per heavy atom. The van der Waals surface area contributed by atoms with Crippen molar-refractivity contribution in [2.75, 3.05) is 6.54 Å². The maximum Gasteiger partial charge on any atom is 0.108 e. The van der Waals surface area contributed by atoms with Gasteiger partial charge < -0.3 is 10.3 Å². The molecule has 0 aromatic carbocycles. The van der Waals surface area contributed by atoms with Crippen LogP contribution < -0.4 is 5.73 Å². The second kappa shape index (κ2) is 7.09. The molecule has 0 bridgehead atoms. The second-order valence-corrected chi connectivity index (χ2v) is 6.22. The molecule has 0 saturated heterocycles. The summed E-state index contributed by atoms with van der Waals surface area (Å²) in [7, 11) is 2.09. The van der Waals surface area contributed by atoms with Crippen molar-refractivity contribution < 1.29 is 0 Å². The van der Waals surface area contributed by atoms with E-state index >= 15 is 0 Å². The number of rotatable bonds is 6. The minimum atomic E-state index is 0.744. The standard InChI is InChI=1S/C16H29N3/c1-3-4-13-5-6-15(12-17)14(11-13)7-8-16-18-9-10-19(16)2/h9-10,13-15H,3-8,11-12,17H2,1-2H3. The van der Waals surface area contributed by atoms with Crippen LogP contribution in [0.3, 0.4) is 0 Å². The number of hydrogen-bond donors (Lipinski definition) is 1. The number of nitrogens with zero attached hydrogens (tertiary/aromatic N) is 2. The SMILES string of the molecule is CCCC1CCC(CN)C(CCc2nccn2C)C1. The van der Waals surface area contributed by atoms with Crippen molar-refractivity contribution in [3.63, 3.8) is 0 Å².